The van der Waals surface area contributed by atoms with Crippen molar-refractivity contribution in [3.8, 4) is 0 Å². The van der Waals surface area contributed by atoms with Crippen LogP contribution in [0.5, 0.6) is 0 Å². The number of benzene rings is 1. The van der Waals surface area contributed by atoms with Crippen LogP contribution in [0, 0.1) is 13.8 Å². The summed E-state index contributed by atoms with van der Waals surface area (Å²) in [5, 5.41) is 10.0. The van der Waals surface area contributed by atoms with Crippen LogP contribution >= 0.6 is 23.1 Å². The van der Waals surface area contributed by atoms with Gasteiger partial charge in [0.1, 0.15) is 5.01 Å². The van der Waals surface area contributed by atoms with Gasteiger partial charge in [-0.15, -0.1) is 10.2 Å². The van der Waals surface area contributed by atoms with E-state index in [9.17, 15) is 8.42 Å². The molecule has 0 unspecified atom stereocenters. The van der Waals surface area contributed by atoms with E-state index in [4.69, 9.17) is 0 Å². The number of aromatic nitrogens is 2. The van der Waals surface area contributed by atoms with E-state index >= 15 is 0 Å². The highest BCUT2D eigenvalue weighted by Crippen LogP contribution is 2.22. The molecule has 0 saturated carbocycles. The van der Waals surface area contributed by atoms with E-state index in [1.807, 2.05) is 13.8 Å². The Morgan fingerprint density at radius 1 is 1.20 bits per heavy atom. The molecule has 2 rings (SSSR count). The minimum Gasteiger partial charge on any atom is -0.219 e. The molecule has 1 aromatic heterocycles. The van der Waals surface area contributed by atoms with Crippen molar-refractivity contribution in [1.82, 2.24) is 10.2 Å². The maximum atomic E-state index is 12.0. The second-order valence-electron chi connectivity index (χ2n) is 4.13. The number of nitrogens with zero attached hydrogens (tertiary/aromatic N) is 2. The molecule has 0 saturated heterocycles. The molecule has 106 valence electrons. The number of aryl methyl sites for hydroxylation is 2. The first-order valence-corrected chi connectivity index (χ1v) is 9.23. The van der Waals surface area contributed by atoms with Gasteiger partial charge in [0.2, 0.25) is 0 Å². The Bertz CT molecular complexity index is 703. The second kappa shape index (κ2) is 6.51. The fraction of sp³-hybridized carbons (Fsp3) is 0.231. The summed E-state index contributed by atoms with van der Waals surface area (Å²) in [4.78, 5) is 0.316. The Kier molecular flexibility index (Phi) is 4.95. The van der Waals surface area contributed by atoms with E-state index in [-0.39, 0.29) is 0 Å². The van der Waals surface area contributed by atoms with Crippen molar-refractivity contribution >= 4 is 32.9 Å². The first kappa shape index (κ1) is 15.2. The highest BCUT2D eigenvalue weighted by atomic mass is 32.2. The van der Waals surface area contributed by atoms with Gasteiger partial charge >= 0.3 is 0 Å². The Hall–Kier alpha value is -1.18. The molecule has 2 aromatic rings. The molecule has 0 bridgehead atoms. The van der Waals surface area contributed by atoms with Gasteiger partial charge in [-0.05, 0) is 26.0 Å². The Labute approximate surface area is 126 Å². The van der Waals surface area contributed by atoms with Gasteiger partial charge in [0.15, 0.2) is 14.2 Å². The molecule has 0 amide bonds. The van der Waals surface area contributed by atoms with Gasteiger partial charge in [0.05, 0.1) is 4.90 Å². The molecule has 0 aliphatic heterocycles. The molecular weight excluding hydrogens is 312 g/mol. The van der Waals surface area contributed by atoms with Crippen LogP contribution in [-0.4, -0.2) is 24.4 Å². The van der Waals surface area contributed by atoms with Crippen LogP contribution < -0.4 is 0 Å². The lowest BCUT2D eigenvalue weighted by atomic mass is 10.2. The molecule has 0 radical (unpaired) electrons. The van der Waals surface area contributed by atoms with Crippen LogP contribution in [0.1, 0.15) is 10.6 Å². The van der Waals surface area contributed by atoms with Gasteiger partial charge < -0.3 is 0 Å². The highest BCUT2D eigenvalue weighted by molar-refractivity contribution is 8.01. The van der Waals surface area contributed by atoms with E-state index in [1.54, 1.807) is 30.3 Å². The normalized spacial score (nSPS) is 12.1. The summed E-state index contributed by atoms with van der Waals surface area (Å²) in [6, 6.07) is 6.82. The summed E-state index contributed by atoms with van der Waals surface area (Å²) in [5.74, 6) is 0.555. The lowest BCUT2D eigenvalue weighted by molar-refractivity contribution is 0.604. The molecule has 0 spiro atoms. The zero-order valence-electron chi connectivity index (χ0n) is 11.1. The average Bonchev–Trinajstić information content (AvgIpc) is 2.81. The Balaban J connectivity index is 1.97. The van der Waals surface area contributed by atoms with Crippen LogP contribution in [0.15, 0.2) is 45.0 Å². The molecule has 1 aromatic carbocycles. The van der Waals surface area contributed by atoms with E-state index in [0.717, 1.165) is 14.9 Å². The lowest BCUT2D eigenvalue weighted by Crippen LogP contribution is -1.96. The minimum absolute atomic E-state index is 0.316. The molecular formula is C13H14N2O2S3. The molecule has 0 aliphatic rings. The van der Waals surface area contributed by atoms with E-state index in [1.165, 1.54) is 28.5 Å². The zero-order valence-corrected chi connectivity index (χ0v) is 13.6. The van der Waals surface area contributed by atoms with Crippen LogP contribution in [0.25, 0.3) is 0 Å². The zero-order chi connectivity index (χ0) is 14.6. The maximum absolute atomic E-state index is 12.0. The van der Waals surface area contributed by atoms with Gasteiger partial charge in [0, 0.05) is 11.2 Å². The van der Waals surface area contributed by atoms with Crippen LogP contribution in [0.3, 0.4) is 0 Å². The molecule has 4 nitrogen and oxygen atoms in total. The molecule has 0 aliphatic carbocycles. The third-order valence-electron chi connectivity index (χ3n) is 2.44. The van der Waals surface area contributed by atoms with Gasteiger partial charge in [-0.25, -0.2) is 8.42 Å². The monoisotopic (exact) mass is 326 g/mol. The van der Waals surface area contributed by atoms with Gasteiger partial charge in [-0.3, -0.25) is 0 Å². The van der Waals surface area contributed by atoms with Gasteiger partial charge in [-0.1, -0.05) is 46.9 Å². The third-order valence-corrected chi connectivity index (χ3v) is 5.84. The maximum Gasteiger partial charge on any atom is 0.199 e. The largest absolute Gasteiger partial charge is 0.219 e. The molecule has 0 atom stereocenters. The molecule has 7 heteroatoms. The summed E-state index contributed by atoms with van der Waals surface area (Å²) in [5.41, 5.74) is 1.04. The predicted octanol–water partition coefficient (Wildman–Crippen LogP) is 3.23. The standard InChI is InChI=1S/C13H14N2O2S3/c1-10-4-6-12(7-5-10)20(16,17)9-3-8-18-13-15-14-11(2)19-13/h3-7,9H,8H2,1-2H3/b9-3+. The molecule has 0 N–H and O–H groups in total. The summed E-state index contributed by atoms with van der Waals surface area (Å²) < 4.78 is 24.9. The Morgan fingerprint density at radius 3 is 2.50 bits per heavy atom. The van der Waals surface area contributed by atoms with Crippen LogP contribution in [-0.2, 0) is 9.84 Å². The summed E-state index contributed by atoms with van der Waals surface area (Å²) in [7, 11) is -3.35. The number of hydrogen-bond acceptors (Lipinski definition) is 6. The van der Waals surface area contributed by atoms with Crippen LogP contribution in [0.4, 0.5) is 0 Å². The highest BCUT2D eigenvalue weighted by Gasteiger charge is 2.09. The number of thioether (sulfide) groups is 1. The van der Waals surface area contributed by atoms with Crippen molar-refractivity contribution in [2.24, 2.45) is 0 Å². The minimum atomic E-state index is -3.35. The Morgan fingerprint density at radius 2 is 1.90 bits per heavy atom. The summed E-state index contributed by atoms with van der Waals surface area (Å²) in [6.07, 6.45) is 1.64. The first-order valence-electron chi connectivity index (χ1n) is 5.88. The molecule has 1 heterocycles. The van der Waals surface area contributed by atoms with E-state index in [0.29, 0.717) is 10.6 Å². The smallest absolute Gasteiger partial charge is 0.199 e. The fourth-order valence-electron chi connectivity index (χ4n) is 1.43. The van der Waals surface area contributed by atoms with Crippen molar-refractivity contribution < 1.29 is 8.42 Å². The van der Waals surface area contributed by atoms with Crippen molar-refractivity contribution in [2.75, 3.05) is 5.75 Å². The van der Waals surface area contributed by atoms with Crippen molar-refractivity contribution in [2.45, 2.75) is 23.1 Å². The topological polar surface area (TPSA) is 59.9 Å². The molecule has 0 fully saturated rings. The van der Waals surface area contributed by atoms with Crippen LogP contribution in [0.2, 0.25) is 0 Å². The van der Waals surface area contributed by atoms with Gasteiger partial charge in [-0.2, -0.15) is 0 Å². The first-order chi connectivity index (χ1) is 9.47. The molecule has 20 heavy (non-hydrogen) atoms. The van der Waals surface area contributed by atoms with E-state index < -0.39 is 9.84 Å². The third kappa shape index (κ3) is 4.16. The van der Waals surface area contributed by atoms with Crippen molar-refractivity contribution in [3.05, 3.63) is 46.3 Å². The fourth-order valence-corrected chi connectivity index (χ4v) is 4.22. The van der Waals surface area contributed by atoms with Gasteiger partial charge in [0.25, 0.3) is 0 Å². The van der Waals surface area contributed by atoms with Crippen molar-refractivity contribution in [3.63, 3.8) is 0 Å². The predicted molar refractivity (Wildman–Crippen MR) is 82.9 cm³/mol. The average molecular weight is 326 g/mol. The quantitative estimate of drug-likeness (QED) is 0.790. The summed E-state index contributed by atoms with van der Waals surface area (Å²) in [6.45, 7) is 3.81. The SMILES string of the molecule is Cc1ccc(S(=O)(=O)/C=C/CSc2nnc(C)s2)cc1. The number of rotatable bonds is 5. The summed E-state index contributed by atoms with van der Waals surface area (Å²) >= 11 is 2.97. The van der Waals surface area contributed by atoms with E-state index in [2.05, 4.69) is 10.2 Å². The van der Waals surface area contributed by atoms with Crippen molar-refractivity contribution in [1.29, 1.82) is 0 Å². The second-order valence-corrected chi connectivity index (χ2v) is 8.41. The number of hydrogen-bond donors (Lipinski definition) is 0. The number of sulfone groups is 1. The lowest BCUT2D eigenvalue weighted by Gasteiger charge is -1.99.